The number of nitrogens with zero attached hydrogens (tertiary/aromatic N) is 2. The number of carbonyl (C=O) groups is 2. The number of carbonyl (C=O) groups excluding carboxylic acids is 2. The van der Waals surface area contributed by atoms with Crippen LogP contribution < -0.4 is 0 Å². The first-order chi connectivity index (χ1) is 26.3. The standard InChI is InChI=1S/C48H40N2O4/c1-5-53-47(51)43-39(33-21-17-31(3)18-22-33)29-41(49-45(43)37-13-9-7-10-14-37)35-25-27-36(28-26-35)42-30-40(34-23-19-32(4)20-24-34)44(48(52)54-6-2)46(50-42)38-15-11-8-12-16-38/h7-30H,5-6H2,1-4H3. The zero-order valence-corrected chi connectivity index (χ0v) is 30.8. The molecule has 7 aromatic rings. The highest BCUT2D eigenvalue weighted by Crippen LogP contribution is 2.38. The second kappa shape index (κ2) is 15.9. The molecule has 0 N–H and O–H groups in total. The van der Waals surface area contributed by atoms with Crippen LogP contribution in [0.3, 0.4) is 0 Å². The van der Waals surface area contributed by atoms with Crippen molar-refractivity contribution in [3.8, 4) is 67.3 Å². The molecule has 0 bridgehead atoms. The minimum Gasteiger partial charge on any atom is -0.462 e. The van der Waals surface area contributed by atoms with Crippen LogP contribution in [0.5, 0.6) is 0 Å². The number of aromatic nitrogens is 2. The summed E-state index contributed by atoms with van der Waals surface area (Å²) >= 11 is 0. The molecule has 54 heavy (non-hydrogen) atoms. The van der Waals surface area contributed by atoms with Crippen LogP contribution in [-0.2, 0) is 9.47 Å². The molecule has 2 heterocycles. The highest BCUT2D eigenvalue weighted by atomic mass is 16.5. The monoisotopic (exact) mass is 708 g/mol. The summed E-state index contributed by atoms with van der Waals surface area (Å²) in [5.41, 5.74) is 12.2. The minimum absolute atomic E-state index is 0.246. The Morgan fingerprint density at radius 1 is 0.444 bits per heavy atom. The first kappa shape index (κ1) is 35.7. The lowest BCUT2D eigenvalue weighted by molar-refractivity contribution is 0.0518. The Labute approximate surface area is 316 Å². The highest BCUT2D eigenvalue weighted by molar-refractivity contribution is 6.05. The van der Waals surface area contributed by atoms with Crippen molar-refractivity contribution in [2.75, 3.05) is 13.2 Å². The molecule has 0 atom stereocenters. The summed E-state index contributed by atoms with van der Waals surface area (Å²) in [5.74, 6) is -0.838. The Morgan fingerprint density at radius 2 is 0.778 bits per heavy atom. The van der Waals surface area contributed by atoms with Crippen LogP contribution in [0.4, 0.5) is 0 Å². The lowest BCUT2D eigenvalue weighted by atomic mass is 9.92. The van der Waals surface area contributed by atoms with E-state index in [0.717, 1.165) is 55.6 Å². The minimum atomic E-state index is -0.419. The average Bonchev–Trinajstić information content (AvgIpc) is 3.21. The lowest BCUT2D eigenvalue weighted by Crippen LogP contribution is -2.11. The van der Waals surface area contributed by atoms with Crippen molar-refractivity contribution < 1.29 is 19.1 Å². The Morgan fingerprint density at radius 3 is 1.11 bits per heavy atom. The van der Waals surface area contributed by atoms with Crippen LogP contribution in [-0.4, -0.2) is 35.1 Å². The molecule has 0 saturated carbocycles. The number of ether oxygens (including phenoxy) is 2. The van der Waals surface area contributed by atoms with Gasteiger partial charge in [0.1, 0.15) is 0 Å². The van der Waals surface area contributed by atoms with E-state index in [9.17, 15) is 9.59 Å². The van der Waals surface area contributed by atoms with Crippen LogP contribution in [0.2, 0.25) is 0 Å². The molecule has 0 aliphatic carbocycles. The summed E-state index contributed by atoms with van der Waals surface area (Å²) < 4.78 is 11.2. The van der Waals surface area contributed by atoms with Crippen molar-refractivity contribution in [3.05, 3.63) is 168 Å². The van der Waals surface area contributed by atoms with Crippen LogP contribution in [0.1, 0.15) is 45.7 Å². The molecule has 0 aliphatic heterocycles. The maximum Gasteiger partial charge on any atom is 0.340 e. The van der Waals surface area contributed by atoms with Gasteiger partial charge < -0.3 is 9.47 Å². The summed E-state index contributed by atoms with van der Waals surface area (Å²) in [6, 6.07) is 47.7. The molecule has 0 amide bonds. The van der Waals surface area contributed by atoms with E-state index in [4.69, 9.17) is 19.4 Å². The lowest BCUT2D eigenvalue weighted by Gasteiger charge is -2.17. The molecule has 0 radical (unpaired) electrons. The fourth-order valence-corrected chi connectivity index (χ4v) is 6.55. The molecule has 2 aromatic heterocycles. The van der Waals surface area contributed by atoms with E-state index in [-0.39, 0.29) is 13.2 Å². The van der Waals surface area contributed by atoms with Gasteiger partial charge in [-0.3, -0.25) is 0 Å². The Bertz CT molecular complexity index is 2250. The van der Waals surface area contributed by atoms with Gasteiger partial charge in [0, 0.05) is 33.4 Å². The second-order valence-corrected chi connectivity index (χ2v) is 13.0. The van der Waals surface area contributed by atoms with Crippen molar-refractivity contribution in [3.63, 3.8) is 0 Å². The topological polar surface area (TPSA) is 78.4 Å². The summed E-state index contributed by atoms with van der Waals surface area (Å²) in [5, 5.41) is 0. The van der Waals surface area contributed by atoms with Gasteiger partial charge in [0.2, 0.25) is 0 Å². The van der Waals surface area contributed by atoms with Gasteiger partial charge in [-0.15, -0.1) is 0 Å². The molecule has 6 heteroatoms. The van der Waals surface area contributed by atoms with Gasteiger partial charge in [0.05, 0.1) is 47.1 Å². The van der Waals surface area contributed by atoms with Gasteiger partial charge in [0.15, 0.2) is 0 Å². The van der Waals surface area contributed by atoms with Crippen LogP contribution in [0.25, 0.3) is 67.3 Å². The smallest absolute Gasteiger partial charge is 0.340 e. The number of rotatable bonds is 10. The number of esters is 2. The molecule has 266 valence electrons. The van der Waals surface area contributed by atoms with Gasteiger partial charge in [-0.05, 0) is 51.0 Å². The number of hydrogen-bond acceptors (Lipinski definition) is 6. The molecular weight excluding hydrogens is 669 g/mol. The Hall–Kier alpha value is -6.66. The molecule has 0 saturated heterocycles. The third-order valence-corrected chi connectivity index (χ3v) is 9.29. The first-order valence-corrected chi connectivity index (χ1v) is 18.1. The summed E-state index contributed by atoms with van der Waals surface area (Å²) in [4.78, 5) is 37.5. The van der Waals surface area contributed by atoms with E-state index < -0.39 is 11.9 Å². The fraction of sp³-hybridized carbons (Fsp3) is 0.125. The number of benzene rings is 5. The predicted molar refractivity (Wildman–Crippen MR) is 216 cm³/mol. The average molecular weight is 709 g/mol. The van der Waals surface area contributed by atoms with Gasteiger partial charge >= 0.3 is 11.9 Å². The molecular formula is C48H40N2O4. The normalized spacial score (nSPS) is 10.9. The SMILES string of the molecule is CCOC(=O)c1c(-c2ccc(C)cc2)cc(-c2ccc(-c3cc(-c4ccc(C)cc4)c(C(=O)OCC)c(-c4ccccc4)n3)cc2)nc1-c1ccccc1. The third-order valence-electron chi connectivity index (χ3n) is 9.29. The second-order valence-electron chi connectivity index (χ2n) is 13.0. The molecule has 0 spiro atoms. The van der Waals surface area contributed by atoms with Crippen molar-refractivity contribution in [1.82, 2.24) is 9.97 Å². The third kappa shape index (κ3) is 7.46. The zero-order valence-electron chi connectivity index (χ0n) is 30.8. The molecule has 6 nitrogen and oxygen atoms in total. The first-order valence-electron chi connectivity index (χ1n) is 18.1. The van der Waals surface area contributed by atoms with Crippen molar-refractivity contribution >= 4 is 11.9 Å². The Balaban J connectivity index is 1.40. The Kier molecular flexibility index (Phi) is 10.5. The molecule has 0 unspecified atom stereocenters. The number of pyridine rings is 2. The highest BCUT2D eigenvalue weighted by Gasteiger charge is 2.25. The van der Waals surface area contributed by atoms with E-state index >= 15 is 0 Å². The molecule has 5 aromatic carbocycles. The van der Waals surface area contributed by atoms with Crippen molar-refractivity contribution in [2.45, 2.75) is 27.7 Å². The van der Waals surface area contributed by atoms with E-state index in [1.54, 1.807) is 13.8 Å². The summed E-state index contributed by atoms with van der Waals surface area (Å²) in [7, 11) is 0. The van der Waals surface area contributed by atoms with E-state index in [0.29, 0.717) is 33.9 Å². The van der Waals surface area contributed by atoms with Crippen LogP contribution >= 0.6 is 0 Å². The quantitative estimate of drug-likeness (QED) is 0.132. The maximum absolute atomic E-state index is 13.6. The summed E-state index contributed by atoms with van der Waals surface area (Å²) in [6.07, 6.45) is 0. The van der Waals surface area contributed by atoms with Crippen molar-refractivity contribution in [1.29, 1.82) is 0 Å². The molecule has 0 aliphatic rings. The van der Waals surface area contributed by atoms with E-state index in [1.807, 2.05) is 159 Å². The number of hydrogen-bond donors (Lipinski definition) is 0. The van der Waals surface area contributed by atoms with Crippen LogP contribution in [0.15, 0.2) is 146 Å². The molecule has 0 fully saturated rings. The van der Waals surface area contributed by atoms with Gasteiger partial charge in [-0.1, -0.05) is 145 Å². The van der Waals surface area contributed by atoms with E-state index in [1.165, 1.54) is 0 Å². The van der Waals surface area contributed by atoms with Crippen molar-refractivity contribution in [2.24, 2.45) is 0 Å². The van der Waals surface area contributed by atoms with Gasteiger partial charge in [0.25, 0.3) is 0 Å². The molecule has 7 rings (SSSR count). The summed E-state index contributed by atoms with van der Waals surface area (Å²) in [6.45, 7) is 8.18. The predicted octanol–water partition coefficient (Wildman–Crippen LogP) is 11.4. The zero-order chi connectivity index (χ0) is 37.6. The van der Waals surface area contributed by atoms with E-state index in [2.05, 4.69) is 0 Å². The van der Waals surface area contributed by atoms with Gasteiger partial charge in [-0.2, -0.15) is 0 Å². The van der Waals surface area contributed by atoms with Crippen LogP contribution in [0, 0.1) is 13.8 Å². The number of aryl methyl sites for hydroxylation is 2. The largest absolute Gasteiger partial charge is 0.462 e. The van der Waals surface area contributed by atoms with Gasteiger partial charge in [-0.25, -0.2) is 19.6 Å². The fourth-order valence-electron chi connectivity index (χ4n) is 6.55. The maximum atomic E-state index is 13.6.